The van der Waals surface area contributed by atoms with Crippen LogP contribution in [0.2, 0.25) is 0 Å². The molecule has 1 saturated heterocycles. The third-order valence-corrected chi connectivity index (χ3v) is 6.03. The van der Waals surface area contributed by atoms with E-state index < -0.39 is 0 Å². The van der Waals surface area contributed by atoms with Crippen LogP contribution in [0.15, 0.2) is 30.5 Å². The van der Waals surface area contributed by atoms with Crippen molar-refractivity contribution in [3.05, 3.63) is 40.9 Å². The number of amides is 2. The smallest absolute Gasteiger partial charge is 0.323 e. The molecule has 1 aromatic heterocycles. The molecule has 2 aliphatic heterocycles. The van der Waals surface area contributed by atoms with Gasteiger partial charge in [-0.15, -0.1) is 11.3 Å². The Hall–Kier alpha value is -2.08. The lowest BCUT2D eigenvalue weighted by Gasteiger charge is -2.34. The Morgan fingerprint density at radius 1 is 1.28 bits per heavy atom. The fraction of sp³-hybridized carbons (Fsp3) is 0.474. The molecule has 132 valence electrons. The van der Waals surface area contributed by atoms with Crippen LogP contribution >= 0.6 is 11.3 Å². The predicted molar refractivity (Wildman–Crippen MR) is 103 cm³/mol. The van der Waals surface area contributed by atoms with Gasteiger partial charge in [-0.05, 0) is 43.7 Å². The molecule has 2 amide bonds. The van der Waals surface area contributed by atoms with E-state index in [9.17, 15) is 4.79 Å². The van der Waals surface area contributed by atoms with Crippen molar-refractivity contribution in [1.82, 2.24) is 9.88 Å². The highest BCUT2D eigenvalue weighted by Gasteiger charge is 2.27. The van der Waals surface area contributed by atoms with Crippen molar-refractivity contribution in [2.75, 3.05) is 36.4 Å². The standard InChI is InChI=1S/C19H24N4OS/c1-14-12-20-18(25-14)21-19(24)22-9-6-15(7-10-22)13-23-11-8-16-4-2-3-5-17(16)23/h2-5,12,15H,6-11,13H2,1H3,(H,20,21,24). The number of aromatic nitrogens is 1. The number of carbonyl (C=O) groups excluding carboxylic acids is 1. The van der Waals surface area contributed by atoms with E-state index in [4.69, 9.17) is 0 Å². The van der Waals surface area contributed by atoms with Crippen LogP contribution < -0.4 is 10.2 Å². The van der Waals surface area contributed by atoms with Crippen molar-refractivity contribution >= 4 is 28.2 Å². The summed E-state index contributed by atoms with van der Waals surface area (Å²) in [5, 5.41) is 3.61. The second-order valence-electron chi connectivity index (χ2n) is 6.96. The van der Waals surface area contributed by atoms with Gasteiger partial charge in [0.05, 0.1) is 0 Å². The molecule has 5 nitrogen and oxygen atoms in total. The third-order valence-electron chi connectivity index (χ3n) is 5.20. The van der Waals surface area contributed by atoms with Crippen molar-refractivity contribution in [2.45, 2.75) is 26.2 Å². The summed E-state index contributed by atoms with van der Waals surface area (Å²) in [5.41, 5.74) is 2.87. The van der Waals surface area contributed by atoms with Gasteiger partial charge in [0.15, 0.2) is 5.13 Å². The van der Waals surface area contributed by atoms with E-state index in [2.05, 4.69) is 39.5 Å². The van der Waals surface area contributed by atoms with Crippen LogP contribution in [0.4, 0.5) is 15.6 Å². The summed E-state index contributed by atoms with van der Waals surface area (Å²) in [6, 6.07) is 8.72. The van der Waals surface area contributed by atoms with Gasteiger partial charge in [0, 0.05) is 42.9 Å². The van der Waals surface area contributed by atoms with Crippen LogP contribution in [0.25, 0.3) is 0 Å². The molecule has 0 atom stereocenters. The van der Waals surface area contributed by atoms with Gasteiger partial charge in [-0.1, -0.05) is 18.2 Å². The molecular weight excluding hydrogens is 332 g/mol. The van der Waals surface area contributed by atoms with E-state index >= 15 is 0 Å². The zero-order valence-electron chi connectivity index (χ0n) is 14.6. The van der Waals surface area contributed by atoms with Crippen LogP contribution in [-0.4, -0.2) is 42.1 Å². The number of likely N-dealkylation sites (tertiary alicyclic amines) is 1. The SMILES string of the molecule is Cc1cnc(NC(=O)N2CCC(CN3CCc4ccccc43)CC2)s1. The first-order valence-electron chi connectivity index (χ1n) is 9.00. The number of piperidine rings is 1. The number of anilines is 2. The summed E-state index contributed by atoms with van der Waals surface area (Å²) in [4.78, 5) is 22.1. The average Bonchev–Trinajstić information content (AvgIpc) is 3.22. The molecule has 0 saturated carbocycles. The Labute approximate surface area is 152 Å². The molecule has 0 spiro atoms. The normalized spacial score (nSPS) is 17.6. The Bertz CT molecular complexity index is 751. The Morgan fingerprint density at radius 2 is 2.08 bits per heavy atom. The molecular formula is C19H24N4OS. The molecule has 1 N–H and O–H groups in total. The maximum atomic E-state index is 12.4. The van der Waals surface area contributed by atoms with Gasteiger partial charge in [-0.2, -0.15) is 0 Å². The van der Waals surface area contributed by atoms with Gasteiger partial charge in [-0.3, -0.25) is 5.32 Å². The second kappa shape index (κ2) is 7.04. The number of nitrogens with one attached hydrogen (secondary N) is 1. The van der Waals surface area contributed by atoms with Gasteiger partial charge in [0.25, 0.3) is 0 Å². The number of nitrogens with zero attached hydrogens (tertiary/aromatic N) is 3. The first-order valence-corrected chi connectivity index (χ1v) is 9.82. The molecule has 3 heterocycles. The van der Waals surface area contributed by atoms with E-state index in [1.165, 1.54) is 22.6 Å². The summed E-state index contributed by atoms with van der Waals surface area (Å²) in [5.74, 6) is 0.664. The maximum absolute atomic E-state index is 12.4. The van der Waals surface area contributed by atoms with Crippen LogP contribution in [0.1, 0.15) is 23.3 Å². The Morgan fingerprint density at radius 3 is 2.84 bits per heavy atom. The molecule has 1 fully saturated rings. The maximum Gasteiger partial charge on any atom is 0.323 e. The number of fused-ring (bicyclic) bond motifs is 1. The molecule has 0 radical (unpaired) electrons. The van der Waals surface area contributed by atoms with Crippen LogP contribution in [0.5, 0.6) is 0 Å². The number of carbonyl (C=O) groups is 1. The van der Waals surface area contributed by atoms with Gasteiger partial charge < -0.3 is 9.80 Å². The number of para-hydroxylation sites is 1. The largest absolute Gasteiger partial charge is 0.371 e. The van der Waals surface area contributed by atoms with Crippen LogP contribution in [0, 0.1) is 12.8 Å². The molecule has 1 aromatic carbocycles. The summed E-state index contributed by atoms with van der Waals surface area (Å²) in [6.45, 7) is 5.89. The fourth-order valence-corrected chi connectivity index (χ4v) is 4.46. The quantitative estimate of drug-likeness (QED) is 0.911. The monoisotopic (exact) mass is 356 g/mol. The predicted octanol–water partition coefficient (Wildman–Crippen LogP) is 3.76. The molecule has 0 unspecified atom stereocenters. The highest BCUT2D eigenvalue weighted by Crippen LogP contribution is 2.30. The molecule has 4 rings (SSSR count). The van der Waals surface area contributed by atoms with E-state index in [1.54, 1.807) is 6.20 Å². The van der Waals surface area contributed by atoms with Gasteiger partial charge in [-0.25, -0.2) is 9.78 Å². The fourth-order valence-electron chi connectivity index (χ4n) is 3.81. The summed E-state index contributed by atoms with van der Waals surface area (Å²) < 4.78 is 0. The highest BCUT2D eigenvalue weighted by molar-refractivity contribution is 7.15. The number of urea groups is 1. The molecule has 0 aliphatic carbocycles. The van der Waals surface area contributed by atoms with E-state index in [1.807, 2.05) is 11.8 Å². The number of thiazole rings is 1. The Balaban J connectivity index is 1.28. The van der Waals surface area contributed by atoms with Crippen molar-refractivity contribution < 1.29 is 4.79 Å². The van der Waals surface area contributed by atoms with Crippen molar-refractivity contribution in [3.63, 3.8) is 0 Å². The molecule has 0 bridgehead atoms. The van der Waals surface area contributed by atoms with Crippen molar-refractivity contribution in [2.24, 2.45) is 5.92 Å². The van der Waals surface area contributed by atoms with E-state index in [0.29, 0.717) is 11.0 Å². The van der Waals surface area contributed by atoms with Crippen LogP contribution in [-0.2, 0) is 6.42 Å². The number of aryl methyl sites for hydroxylation is 1. The number of hydrogen-bond acceptors (Lipinski definition) is 4. The molecule has 2 aromatic rings. The summed E-state index contributed by atoms with van der Waals surface area (Å²) in [7, 11) is 0. The molecule has 6 heteroatoms. The third kappa shape index (κ3) is 3.63. The molecule has 25 heavy (non-hydrogen) atoms. The minimum absolute atomic E-state index is 0.0145. The average molecular weight is 356 g/mol. The first-order chi connectivity index (χ1) is 12.2. The summed E-state index contributed by atoms with van der Waals surface area (Å²) >= 11 is 1.52. The Kier molecular flexibility index (Phi) is 4.61. The highest BCUT2D eigenvalue weighted by atomic mass is 32.1. The lowest BCUT2D eigenvalue weighted by atomic mass is 9.96. The topological polar surface area (TPSA) is 48.5 Å². The van der Waals surface area contributed by atoms with E-state index in [-0.39, 0.29) is 6.03 Å². The zero-order chi connectivity index (χ0) is 17.2. The summed E-state index contributed by atoms with van der Waals surface area (Å²) in [6.07, 6.45) is 5.09. The zero-order valence-corrected chi connectivity index (χ0v) is 15.4. The molecule has 2 aliphatic rings. The van der Waals surface area contributed by atoms with Gasteiger partial charge >= 0.3 is 6.03 Å². The van der Waals surface area contributed by atoms with E-state index in [0.717, 1.165) is 50.3 Å². The van der Waals surface area contributed by atoms with Crippen molar-refractivity contribution in [1.29, 1.82) is 0 Å². The second-order valence-corrected chi connectivity index (χ2v) is 8.20. The lowest BCUT2D eigenvalue weighted by molar-refractivity contribution is 0.183. The number of benzene rings is 1. The number of rotatable bonds is 3. The number of hydrogen-bond donors (Lipinski definition) is 1. The van der Waals surface area contributed by atoms with Gasteiger partial charge in [0.2, 0.25) is 0 Å². The first kappa shape index (κ1) is 16.4. The lowest BCUT2D eigenvalue weighted by Crippen LogP contribution is -2.43. The minimum atomic E-state index is -0.0145. The van der Waals surface area contributed by atoms with Crippen molar-refractivity contribution in [3.8, 4) is 0 Å². The van der Waals surface area contributed by atoms with Crippen LogP contribution in [0.3, 0.4) is 0 Å². The van der Waals surface area contributed by atoms with Gasteiger partial charge in [0.1, 0.15) is 0 Å². The minimum Gasteiger partial charge on any atom is -0.371 e.